The van der Waals surface area contributed by atoms with Gasteiger partial charge in [0.25, 0.3) is 0 Å². The largest absolute Gasteiger partial charge is 0.301 e. The van der Waals surface area contributed by atoms with Crippen molar-refractivity contribution >= 4 is 0 Å². The molecule has 0 aliphatic carbocycles. The molecule has 104 valence electrons. The van der Waals surface area contributed by atoms with Gasteiger partial charge in [-0.15, -0.1) is 0 Å². The molecule has 0 atom stereocenters. The maximum atomic E-state index is 2.47. The van der Waals surface area contributed by atoms with Gasteiger partial charge in [0, 0.05) is 32.1 Å². The molecule has 0 spiro atoms. The van der Waals surface area contributed by atoms with Crippen LogP contribution in [0.15, 0.2) is 12.1 Å². The van der Waals surface area contributed by atoms with Gasteiger partial charge in [-0.25, -0.2) is 0 Å². The van der Waals surface area contributed by atoms with E-state index in [9.17, 15) is 0 Å². The van der Waals surface area contributed by atoms with Gasteiger partial charge in [-0.1, -0.05) is 32.9 Å². The van der Waals surface area contributed by atoms with Crippen molar-refractivity contribution in [1.29, 1.82) is 0 Å². The predicted molar refractivity (Wildman–Crippen MR) is 80.6 cm³/mol. The van der Waals surface area contributed by atoms with Crippen LogP contribution in [0.4, 0.5) is 0 Å². The zero-order chi connectivity index (χ0) is 13.8. The first kappa shape index (κ1) is 13.1. The SMILES string of the molecule is CN1Cc2cc(C(C)(C)C)cc3c2C(C1)CN(C)C3. The second-order valence-electron chi connectivity index (χ2n) is 7.55. The molecule has 2 heteroatoms. The first-order chi connectivity index (χ1) is 8.84. The molecule has 2 nitrogen and oxygen atoms in total. The van der Waals surface area contributed by atoms with Crippen molar-refractivity contribution < 1.29 is 0 Å². The van der Waals surface area contributed by atoms with Crippen molar-refractivity contribution in [2.24, 2.45) is 0 Å². The number of hydrogen-bond acceptors (Lipinski definition) is 2. The summed E-state index contributed by atoms with van der Waals surface area (Å²) in [5, 5.41) is 0. The second-order valence-corrected chi connectivity index (χ2v) is 7.55. The minimum absolute atomic E-state index is 0.243. The highest BCUT2D eigenvalue weighted by molar-refractivity contribution is 5.46. The molecular formula is C17H26N2. The summed E-state index contributed by atoms with van der Waals surface area (Å²) in [7, 11) is 4.50. The molecule has 0 amide bonds. The van der Waals surface area contributed by atoms with Gasteiger partial charge >= 0.3 is 0 Å². The van der Waals surface area contributed by atoms with Crippen LogP contribution in [0.3, 0.4) is 0 Å². The van der Waals surface area contributed by atoms with Crippen LogP contribution >= 0.6 is 0 Å². The van der Waals surface area contributed by atoms with E-state index in [1.54, 1.807) is 16.7 Å². The summed E-state index contributed by atoms with van der Waals surface area (Å²) in [4.78, 5) is 4.95. The number of nitrogens with zero attached hydrogens (tertiary/aromatic N) is 2. The molecule has 0 aromatic heterocycles. The molecule has 2 heterocycles. The van der Waals surface area contributed by atoms with Crippen LogP contribution in [0.1, 0.15) is 48.9 Å². The lowest BCUT2D eigenvalue weighted by molar-refractivity contribution is 0.210. The Morgan fingerprint density at radius 1 is 0.947 bits per heavy atom. The smallest absolute Gasteiger partial charge is 0.0234 e. The van der Waals surface area contributed by atoms with E-state index in [2.05, 4.69) is 56.8 Å². The molecule has 0 unspecified atom stereocenters. The van der Waals surface area contributed by atoms with Crippen LogP contribution in [0.2, 0.25) is 0 Å². The first-order valence-corrected chi connectivity index (χ1v) is 7.38. The first-order valence-electron chi connectivity index (χ1n) is 7.38. The van der Waals surface area contributed by atoms with Gasteiger partial charge in [0.2, 0.25) is 0 Å². The Morgan fingerprint density at radius 2 is 1.42 bits per heavy atom. The molecule has 0 saturated carbocycles. The molecule has 0 saturated heterocycles. The van der Waals surface area contributed by atoms with Crippen LogP contribution in [0.5, 0.6) is 0 Å². The molecule has 0 N–H and O–H groups in total. The van der Waals surface area contributed by atoms with Gasteiger partial charge in [0.1, 0.15) is 0 Å². The molecule has 2 aliphatic heterocycles. The van der Waals surface area contributed by atoms with E-state index in [-0.39, 0.29) is 5.41 Å². The third-order valence-electron chi connectivity index (χ3n) is 4.57. The van der Waals surface area contributed by atoms with Crippen LogP contribution in [0, 0.1) is 0 Å². The van der Waals surface area contributed by atoms with Gasteiger partial charge in [-0.2, -0.15) is 0 Å². The van der Waals surface area contributed by atoms with E-state index in [1.165, 1.54) is 18.7 Å². The number of benzene rings is 1. The Labute approximate surface area is 117 Å². The summed E-state index contributed by atoms with van der Waals surface area (Å²) in [6, 6.07) is 4.93. The summed E-state index contributed by atoms with van der Waals surface area (Å²) < 4.78 is 0. The minimum atomic E-state index is 0.243. The van der Waals surface area contributed by atoms with Gasteiger partial charge in [-0.3, -0.25) is 0 Å². The van der Waals surface area contributed by atoms with Crippen molar-refractivity contribution in [1.82, 2.24) is 9.80 Å². The average Bonchev–Trinajstić information content (AvgIpc) is 2.25. The van der Waals surface area contributed by atoms with Crippen molar-refractivity contribution in [3.8, 4) is 0 Å². The molecule has 2 aliphatic rings. The lowest BCUT2D eigenvalue weighted by atomic mass is 9.77. The normalized spacial score (nSPS) is 21.5. The lowest BCUT2D eigenvalue weighted by Crippen LogP contribution is -2.41. The monoisotopic (exact) mass is 258 g/mol. The average molecular weight is 258 g/mol. The van der Waals surface area contributed by atoms with Gasteiger partial charge in [0.15, 0.2) is 0 Å². The zero-order valence-corrected chi connectivity index (χ0v) is 13.0. The van der Waals surface area contributed by atoms with Crippen molar-refractivity contribution in [3.63, 3.8) is 0 Å². The number of likely N-dealkylation sites (N-methyl/N-ethyl adjacent to an activating group) is 2. The Balaban J connectivity index is 2.15. The highest BCUT2D eigenvalue weighted by atomic mass is 15.1. The van der Waals surface area contributed by atoms with E-state index in [0.29, 0.717) is 5.92 Å². The summed E-state index contributed by atoms with van der Waals surface area (Å²) in [6.07, 6.45) is 0. The molecule has 3 rings (SSSR count). The summed E-state index contributed by atoms with van der Waals surface area (Å²) in [5.41, 5.74) is 6.56. The summed E-state index contributed by atoms with van der Waals surface area (Å²) in [5.74, 6) is 0.705. The van der Waals surface area contributed by atoms with E-state index in [1.807, 2.05) is 0 Å². The van der Waals surface area contributed by atoms with E-state index in [4.69, 9.17) is 0 Å². The van der Waals surface area contributed by atoms with Crippen molar-refractivity contribution in [2.75, 3.05) is 27.2 Å². The Morgan fingerprint density at radius 3 is 1.84 bits per heavy atom. The highest BCUT2D eigenvalue weighted by Crippen LogP contribution is 2.38. The van der Waals surface area contributed by atoms with E-state index >= 15 is 0 Å². The Kier molecular flexibility index (Phi) is 2.99. The number of hydrogen-bond donors (Lipinski definition) is 0. The quantitative estimate of drug-likeness (QED) is 0.706. The maximum absolute atomic E-state index is 2.47. The van der Waals surface area contributed by atoms with Gasteiger partial charge in [0.05, 0.1) is 0 Å². The van der Waals surface area contributed by atoms with Crippen LogP contribution in [0.25, 0.3) is 0 Å². The fourth-order valence-electron chi connectivity index (χ4n) is 3.70. The highest BCUT2D eigenvalue weighted by Gasteiger charge is 2.32. The molecule has 0 bridgehead atoms. The molecule has 19 heavy (non-hydrogen) atoms. The maximum Gasteiger partial charge on any atom is 0.0234 e. The van der Waals surface area contributed by atoms with Crippen LogP contribution in [-0.2, 0) is 18.5 Å². The third-order valence-corrected chi connectivity index (χ3v) is 4.57. The van der Waals surface area contributed by atoms with Crippen LogP contribution in [-0.4, -0.2) is 37.0 Å². The zero-order valence-electron chi connectivity index (χ0n) is 13.0. The predicted octanol–water partition coefficient (Wildman–Crippen LogP) is 2.96. The van der Waals surface area contributed by atoms with Gasteiger partial charge < -0.3 is 9.80 Å². The van der Waals surface area contributed by atoms with E-state index in [0.717, 1.165) is 13.1 Å². The van der Waals surface area contributed by atoms with Gasteiger partial charge in [-0.05, 0) is 41.8 Å². The topological polar surface area (TPSA) is 6.48 Å². The molecule has 1 aromatic carbocycles. The number of rotatable bonds is 0. The van der Waals surface area contributed by atoms with Crippen molar-refractivity contribution in [3.05, 3.63) is 34.4 Å². The minimum Gasteiger partial charge on any atom is -0.301 e. The van der Waals surface area contributed by atoms with E-state index < -0.39 is 0 Å². The van der Waals surface area contributed by atoms with Crippen LogP contribution < -0.4 is 0 Å². The lowest BCUT2D eigenvalue weighted by Gasteiger charge is -2.41. The third kappa shape index (κ3) is 2.32. The molecular weight excluding hydrogens is 232 g/mol. The summed E-state index contributed by atoms with van der Waals surface area (Å²) in [6.45, 7) is 11.6. The molecule has 1 aromatic rings. The Bertz CT molecular complexity index is 463. The Hall–Kier alpha value is -0.860. The molecule has 0 radical (unpaired) electrons. The summed E-state index contributed by atoms with van der Waals surface area (Å²) >= 11 is 0. The molecule has 0 fully saturated rings. The second kappa shape index (κ2) is 4.32. The fourth-order valence-corrected chi connectivity index (χ4v) is 3.70. The fraction of sp³-hybridized carbons (Fsp3) is 0.647. The van der Waals surface area contributed by atoms with Crippen molar-refractivity contribution in [2.45, 2.75) is 45.2 Å². The standard InChI is InChI=1S/C17H26N2/c1-17(2,3)15-6-12-8-18(4)10-14-11-19(5)9-13(7-15)16(12)14/h6-7,14H,8-11H2,1-5H3.